The van der Waals surface area contributed by atoms with Gasteiger partial charge in [0.1, 0.15) is 5.52 Å². The van der Waals surface area contributed by atoms with Gasteiger partial charge in [0, 0.05) is 29.5 Å². The van der Waals surface area contributed by atoms with Crippen molar-refractivity contribution in [1.82, 2.24) is 24.6 Å². The molecule has 1 saturated heterocycles. The second kappa shape index (κ2) is 8.73. The van der Waals surface area contributed by atoms with Gasteiger partial charge < -0.3 is 9.47 Å². The van der Waals surface area contributed by atoms with Gasteiger partial charge in [-0.1, -0.05) is 74.5 Å². The highest BCUT2D eigenvalue weighted by Crippen LogP contribution is 2.52. The molecule has 8 heteroatoms. The van der Waals surface area contributed by atoms with Gasteiger partial charge in [-0.2, -0.15) is 0 Å². The number of aromatic nitrogens is 4. The zero-order valence-corrected chi connectivity index (χ0v) is 22.4. The molecule has 1 aliphatic carbocycles. The minimum Gasteiger partial charge on any atom is -0.338 e. The van der Waals surface area contributed by atoms with E-state index in [9.17, 15) is 4.79 Å². The standard InChI is InChI=1S/C28H30ClN5OS/c1-27(2)12-20-13-28(3,16-27)17-34(20)23(35)15-36-26-30-25-24(31-32-26)21-9-4-5-10-22(21)33(25)14-18-7-6-8-19(29)11-18/h4-11,20H,12-17H2,1-3H3. The quantitative estimate of drug-likeness (QED) is 0.294. The fourth-order valence-corrected chi connectivity index (χ4v) is 7.57. The van der Waals surface area contributed by atoms with E-state index in [2.05, 4.69) is 52.6 Å². The lowest BCUT2D eigenvalue weighted by molar-refractivity contribution is -0.129. The summed E-state index contributed by atoms with van der Waals surface area (Å²) < 4.78 is 2.16. The molecule has 0 spiro atoms. The summed E-state index contributed by atoms with van der Waals surface area (Å²) in [4.78, 5) is 20.3. The SMILES string of the molecule is CC1(C)CC2CC(C)(CN2C(=O)CSc2nnc3c4ccccc4n(Cc4cccc(Cl)c4)c3n2)C1. The molecule has 2 bridgehead atoms. The van der Waals surface area contributed by atoms with Crippen molar-refractivity contribution in [2.75, 3.05) is 12.3 Å². The van der Waals surface area contributed by atoms with Crippen molar-refractivity contribution in [3.8, 4) is 0 Å². The summed E-state index contributed by atoms with van der Waals surface area (Å²) in [5.74, 6) is 0.504. The molecule has 1 aliphatic heterocycles. The van der Waals surface area contributed by atoms with Gasteiger partial charge in [-0.25, -0.2) is 4.98 Å². The van der Waals surface area contributed by atoms with Crippen molar-refractivity contribution in [1.29, 1.82) is 0 Å². The molecular formula is C28H30ClN5OS. The predicted octanol–water partition coefficient (Wildman–Crippen LogP) is 6.20. The van der Waals surface area contributed by atoms with Crippen molar-refractivity contribution in [2.45, 2.75) is 57.8 Å². The van der Waals surface area contributed by atoms with Crippen molar-refractivity contribution < 1.29 is 4.79 Å². The van der Waals surface area contributed by atoms with E-state index < -0.39 is 0 Å². The summed E-state index contributed by atoms with van der Waals surface area (Å²) in [6, 6.07) is 16.4. The van der Waals surface area contributed by atoms with E-state index in [1.165, 1.54) is 18.2 Å². The number of carbonyl (C=O) groups is 1. The van der Waals surface area contributed by atoms with Crippen LogP contribution < -0.4 is 0 Å². The highest BCUT2D eigenvalue weighted by molar-refractivity contribution is 7.99. The first kappa shape index (κ1) is 23.7. The molecule has 1 saturated carbocycles. The Kier molecular flexibility index (Phi) is 5.76. The van der Waals surface area contributed by atoms with Crippen LogP contribution in [0, 0.1) is 10.8 Å². The van der Waals surface area contributed by atoms with Gasteiger partial charge in [0.25, 0.3) is 0 Å². The van der Waals surface area contributed by atoms with Crippen LogP contribution in [0.2, 0.25) is 5.02 Å². The molecule has 2 aromatic heterocycles. The van der Waals surface area contributed by atoms with E-state index in [4.69, 9.17) is 16.6 Å². The van der Waals surface area contributed by atoms with E-state index in [1.54, 1.807) is 0 Å². The monoisotopic (exact) mass is 519 g/mol. The Hall–Kier alpha value is -2.64. The molecule has 36 heavy (non-hydrogen) atoms. The topological polar surface area (TPSA) is 63.9 Å². The number of fused-ring (bicyclic) bond motifs is 5. The third-order valence-corrected chi connectivity index (χ3v) is 8.70. The summed E-state index contributed by atoms with van der Waals surface area (Å²) >= 11 is 7.62. The van der Waals surface area contributed by atoms with Gasteiger partial charge in [0.2, 0.25) is 11.1 Å². The highest BCUT2D eigenvalue weighted by atomic mass is 35.5. The Morgan fingerprint density at radius 1 is 1.11 bits per heavy atom. The van der Waals surface area contributed by atoms with Crippen molar-refractivity contribution in [3.63, 3.8) is 0 Å². The van der Waals surface area contributed by atoms with Crippen LogP contribution in [0.1, 0.15) is 45.6 Å². The maximum atomic E-state index is 13.3. The van der Waals surface area contributed by atoms with Crippen LogP contribution >= 0.6 is 23.4 Å². The van der Waals surface area contributed by atoms with Crippen molar-refractivity contribution in [3.05, 3.63) is 59.1 Å². The lowest BCUT2D eigenvalue weighted by atomic mass is 9.65. The summed E-state index contributed by atoms with van der Waals surface area (Å²) in [5, 5.41) is 11.2. The number of nitrogens with zero attached hydrogens (tertiary/aromatic N) is 5. The molecule has 186 valence electrons. The largest absolute Gasteiger partial charge is 0.338 e. The number of para-hydroxylation sites is 1. The molecule has 2 atom stereocenters. The number of halogens is 1. The molecule has 0 radical (unpaired) electrons. The average molecular weight is 520 g/mol. The van der Waals surface area contributed by atoms with Gasteiger partial charge in [0.15, 0.2) is 5.65 Å². The zero-order chi connectivity index (χ0) is 25.1. The van der Waals surface area contributed by atoms with E-state index in [0.717, 1.165) is 47.0 Å². The zero-order valence-electron chi connectivity index (χ0n) is 20.9. The number of carbonyl (C=O) groups excluding carboxylic acids is 1. The molecule has 6 nitrogen and oxygen atoms in total. The second-order valence-electron chi connectivity index (χ2n) is 11.5. The van der Waals surface area contributed by atoms with Crippen LogP contribution in [0.15, 0.2) is 53.7 Å². The summed E-state index contributed by atoms with van der Waals surface area (Å²) in [6.07, 6.45) is 3.36. The Bertz CT molecular complexity index is 1480. The van der Waals surface area contributed by atoms with Crippen LogP contribution in [0.5, 0.6) is 0 Å². The van der Waals surface area contributed by atoms with Crippen molar-refractivity contribution in [2.24, 2.45) is 10.8 Å². The summed E-state index contributed by atoms with van der Waals surface area (Å²) in [7, 11) is 0. The van der Waals surface area contributed by atoms with Crippen molar-refractivity contribution >= 4 is 51.3 Å². The van der Waals surface area contributed by atoms with Gasteiger partial charge in [-0.3, -0.25) is 4.79 Å². The molecule has 0 N–H and O–H groups in total. The molecule has 6 rings (SSSR count). The van der Waals surface area contributed by atoms with Crippen LogP contribution in [0.4, 0.5) is 0 Å². The molecule has 1 amide bonds. The fraction of sp³-hybridized carbons (Fsp3) is 0.429. The van der Waals surface area contributed by atoms with Gasteiger partial charge in [-0.05, 0) is 53.9 Å². The first-order valence-electron chi connectivity index (χ1n) is 12.5. The predicted molar refractivity (Wildman–Crippen MR) is 145 cm³/mol. The van der Waals surface area contributed by atoms with E-state index in [-0.39, 0.29) is 16.7 Å². The highest BCUT2D eigenvalue weighted by Gasteiger charge is 2.50. The Balaban J connectivity index is 1.27. The Morgan fingerprint density at radius 3 is 2.78 bits per heavy atom. The maximum absolute atomic E-state index is 13.3. The molecule has 2 aromatic carbocycles. The molecule has 2 unspecified atom stereocenters. The summed E-state index contributed by atoms with van der Waals surface area (Å²) in [6.45, 7) is 8.47. The second-order valence-corrected chi connectivity index (χ2v) is 12.9. The van der Waals surface area contributed by atoms with E-state index in [0.29, 0.717) is 28.5 Å². The Morgan fingerprint density at radius 2 is 1.94 bits per heavy atom. The lowest BCUT2D eigenvalue weighted by Crippen LogP contribution is -2.38. The number of hydrogen-bond donors (Lipinski definition) is 0. The number of benzene rings is 2. The van der Waals surface area contributed by atoms with Gasteiger partial charge in [0.05, 0.1) is 11.3 Å². The molecule has 3 heterocycles. The first-order valence-corrected chi connectivity index (χ1v) is 13.8. The maximum Gasteiger partial charge on any atom is 0.233 e. The molecule has 4 aromatic rings. The summed E-state index contributed by atoms with van der Waals surface area (Å²) in [5.41, 5.74) is 4.19. The number of amides is 1. The van der Waals surface area contributed by atoms with Gasteiger partial charge in [-0.15, -0.1) is 10.2 Å². The third-order valence-electron chi connectivity index (χ3n) is 7.64. The lowest BCUT2D eigenvalue weighted by Gasteiger charge is -2.39. The number of thioether (sulfide) groups is 1. The van der Waals surface area contributed by atoms with Gasteiger partial charge >= 0.3 is 0 Å². The first-order chi connectivity index (χ1) is 17.2. The minimum atomic E-state index is 0.176. The number of likely N-dealkylation sites (tertiary alicyclic amines) is 1. The molecular weight excluding hydrogens is 490 g/mol. The van der Waals surface area contributed by atoms with Crippen LogP contribution in [-0.2, 0) is 11.3 Å². The minimum absolute atomic E-state index is 0.176. The smallest absolute Gasteiger partial charge is 0.233 e. The number of rotatable bonds is 5. The third kappa shape index (κ3) is 4.37. The van der Waals surface area contributed by atoms with E-state index >= 15 is 0 Å². The van der Waals surface area contributed by atoms with E-state index in [1.807, 2.05) is 36.4 Å². The van der Waals surface area contributed by atoms with Crippen LogP contribution in [0.3, 0.4) is 0 Å². The number of hydrogen-bond acceptors (Lipinski definition) is 5. The fourth-order valence-electron chi connectivity index (χ4n) is 6.69. The van der Waals surface area contributed by atoms with Crippen LogP contribution in [-0.4, -0.2) is 48.9 Å². The average Bonchev–Trinajstić information content (AvgIpc) is 3.27. The Labute approximate surface area is 220 Å². The normalized spacial score (nSPS) is 23.0. The molecule has 2 aliphatic rings. The van der Waals surface area contributed by atoms with Crippen LogP contribution in [0.25, 0.3) is 22.1 Å². The molecule has 2 fully saturated rings.